The fraction of sp³-hybridized carbons (Fsp3) is 0.455. The van der Waals surface area contributed by atoms with Gasteiger partial charge in [0.2, 0.25) is 0 Å². The number of hydrogen-bond acceptors (Lipinski definition) is 0. The molecule has 0 radical (unpaired) electrons. The minimum Gasteiger partial charge on any atom is -0.0791 e. The number of benzene rings is 1. The summed E-state index contributed by atoms with van der Waals surface area (Å²) in [6.07, 6.45) is 1.15. The minimum atomic E-state index is 0.367. The minimum absolute atomic E-state index is 0.367. The van der Waals surface area contributed by atoms with Gasteiger partial charge >= 0.3 is 0 Å². The Morgan fingerprint density at radius 1 is 1.33 bits per heavy atom. The lowest BCUT2D eigenvalue weighted by atomic mass is 10.0. The SMILES string of the molecule is Cc1cccc(CC(C)(C)I)c1. The van der Waals surface area contributed by atoms with E-state index in [1.165, 1.54) is 11.1 Å². The molecule has 0 atom stereocenters. The first-order valence-electron chi connectivity index (χ1n) is 4.22. The van der Waals surface area contributed by atoms with Crippen molar-refractivity contribution in [3.63, 3.8) is 0 Å². The molecular weight excluding hydrogens is 259 g/mol. The van der Waals surface area contributed by atoms with Crippen LogP contribution in [0.2, 0.25) is 0 Å². The molecule has 0 spiro atoms. The first-order chi connectivity index (χ1) is 5.47. The van der Waals surface area contributed by atoms with Crippen molar-refractivity contribution >= 4 is 22.6 Å². The third-order valence-electron chi connectivity index (χ3n) is 1.71. The summed E-state index contributed by atoms with van der Waals surface area (Å²) in [7, 11) is 0. The number of alkyl halides is 1. The number of rotatable bonds is 2. The van der Waals surface area contributed by atoms with Gasteiger partial charge in [-0.05, 0) is 18.9 Å². The van der Waals surface area contributed by atoms with Crippen LogP contribution in [0.1, 0.15) is 25.0 Å². The molecular formula is C11H15I. The van der Waals surface area contributed by atoms with Gasteiger partial charge in [-0.2, -0.15) is 0 Å². The monoisotopic (exact) mass is 274 g/mol. The van der Waals surface area contributed by atoms with E-state index < -0.39 is 0 Å². The van der Waals surface area contributed by atoms with Crippen molar-refractivity contribution in [2.75, 3.05) is 0 Å². The maximum absolute atomic E-state index is 2.49. The number of hydrogen-bond donors (Lipinski definition) is 0. The van der Waals surface area contributed by atoms with Crippen molar-refractivity contribution in [3.05, 3.63) is 35.4 Å². The number of halogens is 1. The Kier molecular flexibility index (Phi) is 3.16. The van der Waals surface area contributed by atoms with Crippen LogP contribution in [0.5, 0.6) is 0 Å². The molecule has 0 amide bonds. The number of aryl methyl sites for hydroxylation is 1. The summed E-state index contributed by atoms with van der Waals surface area (Å²) >= 11 is 2.49. The highest BCUT2D eigenvalue weighted by molar-refractivity contribution is 14.1. The van der Waals surface area contributed by atoms with Gasteiger partial charge in [0.1, 0.15) is 0 Å². The summed E-state index contributed by atoms with van der Waals surface area (Å²) in [5, 5.41) is 0. The van der Waals surface area contributed by atoms with Crippen LogP contribution in [0.25, 0.3) is 0 Å². The summed E-state index contributed by atoms with van der Waals surface area (Å²) in [6, 6.07) is 8.74. The van der Waals surface area contributed by atoms with Gasteiger partial charge in [0.15, 0.2) is 0 Å². The van der Waals surface area contributed by atoms with Gasteiger partial charge in [0, 0.05) is 3.42 Å². The van der Waals surface area contributed by atoms with Crippen molar-refractivity contribution in [1.29, 1.82) is 0 Å². The fourth-order valence-corrected chi connectivity index (χ4v) is 1.75. The lowest BCUT2D eigenvalue weighted by molar-refractivity contribution is 0.743. The lowest BCUT2D eigenvalue weighted by Gasteiger charge is -2.16. The Hall–Kier alpha value is -0.0500. The smallest absolute Gasteiger partial charge is 0.0206 e. The van der Waals surface area contributed by atoms with Gasteiger partial charge in [-0.3, -0.25) is 0 Å². The zero-order valence-corrected chi connectivity index (χ0v) is 10.1. The second-order valence-corrected chi connectivity index (χ2v) is 6.80. The van der Waals surface area contributed by atoms with Gasteiger partial charge in [-0.15, -0.1) is 0 Å². The maximum Gasteiger partial charge on any atom is 0.0206 e. The first kappa shape index (κ1) is 10.0. The van der Waals surface area contributed by atoms with E-state index >= 15 is 0 Å². The largest absolute Gasteiger partial charge is 0.0791 e. The second kappa shape index (κ2) is 3.77. The summed E-state index contributed by atoms with van der Waals surface area (Å²) in [6.45, 7) is 6.66. The van der Waals surface area contributed by atoms with Crippen LogP contribution in [-0.2, 0) is 6.42 Å². The predicted octanol–water partition coefficient (Wildman–Crippen LogP) is 3.75. The summed E-state index contributed by atoms with van der Waals surface area (Å²) in [5.41, 5.74) is 2.79. The van der Waals surface area contributed by atoms with Crippen molar-refractivity contribution in [2.45, 2.75) is 30.6 Å². The Balaban J connectivity index is 2.77. The average Bonchev–Trinajstić information content (AvgIpc) is 1.82. The predicted molar refractivity (Wildman–Crippen MR) is 63.0 cm³/mol. The summed E-state index contributed by atoms with van der Waals surface area (Å²) in [5.74, 6) is 0. The van der Waals surface area contributed by atoms with Gasteiger partial charge in [-0.25, -0.2) is 0 Å². The maximum atomic E-state index is 2.49. The highest BCUT2D eigenvalue weighted by Crippen LogP contribution is 2.22. The Morgan fingerprint density at radius 3 is 2.50 bits per heavy atom. The van der Waals surface area contributed by atoms with Crippen LogP contribution in [0, 0.1) is 6.92 Å². The quantitative estimate of drug-likeness (QED) is 0.569. The van der Waals surface area contributed by atoms with Gasteiger partial charge in [0.05, 0.1) is 0 Å². The average molecular weight is 274 g/mol. The van der Waals surface area contributed by atoms with Crippen LogP contribution in [0.3, 0.4) is 0 Å². The molecule has 0 saturated carbocycles. The van der Waals surface area contributed by atoms with E-state index in [2.05, 4.69) is 67.6 Å². The van der Waals surface area contributed by atoms with Crippen LogP contribution in [0.4, 0.5) is 0 Å². The molecule has 0 saturated heterocycles. The van der Waals surface area contributed by atoms with Gasteiger partial charge < -0.3 is 0 Å². The van der Waals surface area contributed by atoms with E-state index in [1.807, 2.05) is 0 Å². The van der Waals surface area contributed by atoms with E-state index in [4.69, 9.17) is 0 Å². The standard InChI is InChI=1S/C11H15I/c1-9-5-4-6-10(7-9)8-11(2,3)12/h4-7H,8H2,1-3H3. The van der Waals surface area contributed by atoms with Crippen molar-refractivity contribution in [1.82, 2.24) is 0 Å². The molecule has 66 valence electrons. The molecule has 0 aliphatic carbocycles. The molecule has 1 heteroatoms. The molecule has 1 aromatic carbocycles. The van der Waals surface area contributed by atoms with E-state index in [-0.39, 0.29) is 0 Å². The molecule has 0 aliphatic heterocycles. The molecule has 12 heavy (non-hydrogen) atoms. The van der Waals surface area contributed by atoms with E-state index in [9.17, 15) is 0 Å². The first-order valence-corrected chi connectivity index (χ1v) is 5.30. The van der Waals surface area contributed by atoms with E-state index in [0.29, 0.717) is 3.42 Å². The van der Waals surface area contributed by atoms with Crippen LogP contribution in [-0.4, -0.2) is 3.42 Å². The lowest BCUT2D eigenvalue weighted by Crippen LogP contribution is -2.12. The molecule has 0 unspecified atom stereocenters. The fourth-order valence-electron chi connectivity index (χ4n) is 1.31. The molecule has 1 rings (SSSR count). The zero-order valence-electron chi connectivity index (χ0n) is 7.89. The molecule has 0 fully saturated rings. The van der Waals surface area contributed by atoms with Crippen molar-refractivity contribution in [2.24, 2.45) is 0 Å². The van der Waals surface area contributed by atoms with Crippen LogP contribution < -0.4 is 0 Å². The van der Waals surface area contributed by atoms with Gasteiger partial charge in [-0.1, -0.05) is 66.3 Å². The highest BCUT2D eigenvalue weighted by atomic mass is 127. The molecule has 1 aromatic rings. The molecule has 0 aromatic heterocycles. The Bertz CT molecular complexity index is 258. The summed E-state index contributed by atoms with van der Waals surface area (Å²) < 4.78 is 0.367. The third-order valence-corrected chi connectivity index (χ3v) is 2.09. The summed E-state index contributed by atoms with van der Waals surface area (Å²) in [4.78, 5) is 0. The topological polar surface area (TPSA) is 0 Å². The van der Waals surface area contributed by atoms with E-state index in [1.54, 1.807) is 0 Å². The molecule has 0 bridgehead atoms. The molecule has 0 aliphatic rings. The zero-order chi connectivity index (χ0) is 9.19. The van der Waals surface area contributed by atoms with Crippen LogP contribution >= 0.6 is 22.6 Å². The Morgan fingerprint density at radius 2 is 2.00 bits per heavy atom. The highest BCUT2D eigenvalue weighted by Gasteiger charge is 2.12. The van der Waals surface area contributed by atoms with E-state index in [0.717, 1.165) is 6.42 Å². The van der Waals surface area contributed by atoms with Crippen LogP contribution in [0.15, 0.2) is 24.3 Å². The van der Waals surface area contributed by atoms with Crippen molar-refractivity contribution < 1.29 is 0 Å². The molecule has 0 heterocycles. The van der Waals surface area contributed by atoms with Gasteiger partial charge in [0.25, 0.3) is 0 Å². The third kappa shape index (κ3) is 3.57. The molecule has 0 N–H and O–H groups in total. The Labute approximate surface area is 88.5 Å². The molecule has 0 nitrogen and oxygen atoms in total. The normalized spacial score (nSPS) is 11.7. The second-order valence-electron chi connectivity index (χ2n) is 3.88. The van der Waals surface area contributed by atoms with Crippen molar-refractivity contribution in [3.8, 4) is 0 Å².